The number of nitro groups is 1. The number of nitrogen functional groups attached to an aromatic ring is 1. The van der Waals surface area contributed by atoms with E-state index in [9.17, 15) is 14.9 Å². The van der Waals surface area contributed by atoms with Crippen molar-refractivity contribution >= 4 is 28.0 Å². The third-order valence-electron chi connectivity index (χ3n) is 3.96. The second-order valence-corrected chi connectivity index (χ2v) is 6.96. The Balaban J connectivity index is 2.47. The number of hydrogen-bond acceptors (Lipinski definition) is 8. The number of ether oxygens (including phenoxy) is 2. The summed E-state index contributed by atoms with van der Waals surface area (Å²) in [7, 11) is 3.55. The zero-order chi connectivity index (χ0) is 20.0. The Hall–Kier alpha value is -2.49. The molecule has 0 saturated heterocycles. The maximum absolute atomic E-state index is 12.4. The molecule has 0 fully saturated rings. The van der Waals surface area contributed by atoms with Gasteiger partial charge >= 0.3 is 5.97 Å². The summed E-state index contributed by atoms with van der Waals surface area (Å²) >= 11 is 1.28. The van der Waals surface area contributed by atoms with Crippen molar-refractivity contribution in [3.63, 3.8) is 0 Å². The van der Waals surface area contributed by atoms with E-state index in [0.29, 0.717) is 30.3 Å². The first-order chi connectivity index (χ1) is 12.9. The number of nitrogens with zero attached hydrogens (tertiary/aromatic N) is 2. The molecule has 8 nitrogen and oxygen atoms in total. The molecule has 2 aromatic rings. The first-order valence-corrected chi connectivity index (χ1v) is 9.21. The molecule has 27 heavy (non-hydrogen) atoms. The fraction of sp³-hybridized carbons (Fsp3) is 0.389. The van der Waals surface area contributed by atoms with E-state index in [-0.39, 0.29) is 12.3 Å². The SMILES string of the molecule is CCOC(=O)c1c(N)sc(-c2ccc([N+](=O)[O-])cc2)c1CN(C)CCOC. The summed E-state index contributed by atoms with van der Waals surface area (Å²) in [4.78, 5) is 25.7. The minimum absolute atomic E-state index is 0.00709. The van der Waals surface area contributed by atoms with Gasteiger partial charge in [0.1, 0.15) is 5.00 Å². The summed E-state index contributed by atoms with van der Waals surface area (Å²) in [5, 5.41) is 11.3. The molecule has 1 aromatic carbocycles. The second kappa shape index (κ2) is 9.45. The summed E-state index contributed by atoms with van der Waals surface area (Å²) in [5.41, 5.74) is 8.02. The van der Waals surface area contributed by atoms with E-state index in [2.05, 4.69) is 0 Å². The van der Waals surface area contributed by atoms with Crippen LogP contribution in [0.25, 0.3) is 10.4 Å². The van der Waals surface area contributed by atoms with Crippen LogP contribution < -0.4 is 5.73 Å². The lowest BCUT2D eigenvalue weighted by Crippen LogP contribution is -2.23. The van der Waals surface area contributed by atoms with E-state index < -0.39 is 10.9 Å². The number of carbonyl (C=O) groups excluding carboxylic acids is 1. The van der Waals surface area contributed by atoms with Gasteiger partial charge in [0.15, 0.2) is 0 Å². The van der Waals surface area contributed by atoms with Crippen molar-refractivity contribution < 1.29 is 19.2 Å². The van der Waals surface area contributed by atoms with Gasteiger partial charge in [-0.15, -0.1) is 11.3 Å². The third-order valence-corrected chi connectivity index (χ3v) is 5.07. The normalized spacial score (nSPS) is 11.0. The van der Waals surface area contributed by atoms with Crippen LogP contribution in [0.15, 0.2) is 24.3 Å². The highest BCUT2D eigenvalue weighted by Crippen LogP contribution is 2.40. The standard InChI is InChI=1S/C18H23N3O5S/c1-4-26-18(22)15-14(11-20(2)9-10-25-3)16(27-17(15)19)12-5-7-13(8-6-12)21(23)24/h5-8H,4,9-11,19H2,1-3H3. The van der Waals surface area contributed by atoms with Gasteiger partial charge in [0.2, 0.25) is 0 Å². The Labute approximate surface area is 161 Å². The zero-order valence-corrected chi connectivity index (χ0v) is 16.4. The molecular formula is C18H23N3O5S. The molecule has 0 aliphatic rings. The van der Waals surface area contributed by atoms with E-state index >= 15 is 0 Å². The number of rotatable bonds is 9. The van der Waals surface area contributed by atoms with Crippen molar-refractivity contribution in [3.8, 4) is 10.4 Å². The number of anilines is 1. The van der Waals surface area contributed by atoms with E-state index in [4.69, 9.17) is 15.2 Å². The second-order valence-electron chi connectivity index (χ2n) is 5.90. The minimum atomic E-state index is -0.463. The van der Waals surface area contributed by atoms with Crippen LogP contribution in [-0.4, -0.2) is 49.7 Å². The van der Waals surface area contributed by atoms with Gasteiger partial charge in [0.05, 0.1) is 23.7 Å². The lowest BCUT2D eigenvalue weighted by atomic mass is 10.0. The highest BCUT2D eigenvalue weighted by atomic mass is 32.1. The molecule has 0 atom stereocenters. The van der Waals surface area contributed by atoms with E-state index in [0.717, 1.165) is 16.0 Å². The van der Waals surface area contributed by atoms with Crippen molar-refractivity contribution in [2.24, 2.45) is 0 Å². The number of likely N-dealkylation sites (N-methyl/N-ethyl adjacent to an activating group) is 1. The van der Waals surface area contributed by atoms with Gasteiger partial charge in [0.25, 0.3) is 5.69 Å². The van der Waals surface area contributed by atoms with Crippen molar-refractivity contribution in [2.45, 2.75) is 13.5 Å². The van der Waals surface area contributed by atoms with Crippen LogP contribution in [0, 0.1) is 10.1 Å². The molecule has 2 rings (SSSR count). The smallest absolute Gasteiger partial charge is 0.341 e. The van der Waals surface area contributed by atoms with Crippen LogP contribution in [0.1, 0.15) is 22.8 Å². The van der Waals surface area contributed by atoms with Crippen LogP contribution in [-0.2, 0) is 16.0 Å². The molecule has 0 aliphatic heterocycles. The molecule has 2 N–H and O–H groups in total. The number of hydrogen-bond donors (Lipinski definition) is 1. The van der Waals surface area contributed by atoms with Gasteiger partial charge in [0, 0.05) is 42.8 Å². The van der Waals surface area contributed by atoms with Gasteiger partial charge in [-0.25, -0.2) is 4.79 Å². The Kier molecular flexibility index (Phi) is 7.28. The maximum Gasteiger partial charge on any atom is 0.341 e. The Bertz CT molecular complexity index is 804. The number of esters is 1. The number of thiophene rings is 1. The van der Waals surface area contributed by atoms with Crippen molar-refractivity contribution in [3.05, 3.63) is 45.5 Å². The molecule has 0 radical (unpaired) electrons. The quantitative estimate of drug-likeness (QED) is 0.396. The highest BCUT2D eigenvalue weighted by molar-refractivity contribution is 7.19. The molecular weight excluding hydrogens is 370 g/mol. The van der Waals surface area contributed by atoms with Crippen molar-refractivity contribution in [1.29, 1.82) is 0 Å². The number of benzene rings is 1. The topological polar surface area (TPSA) is 108 Å². The fourth-order valence-electron chi connectivity index (χ4n) is 2.63. The largest absolute Gasteiger partial charge is 0.462 e. The number of nitro benzene ring substituents is 1. The van der Waals surface area contributed by atoms with Crippen LogP contribution in [0.3, 0.4) is 0 Å². The predicted molar refractivity (Wildman–Crippen MR) is 105 cm³/mol. The average Bonchev–Trinajstić information content (AvgIpc) is 2.96. The van der Waals surface area contributed by atoms with E-state index in [1.807, 2.05) is 11.9 Å². The molecule has 0 bridgehead atoms. The van der Waals surface area contributed by atoms with E-state index in [1.54, 1.807) is 26.2 Å². The third kappa shape index (κ3) is 5.03. The molecule has 0 spiro atoms. The lowest BCUT2D eigenvalue weighted by molar-refractivity contribution is -0.384. The van der Waals surface area contributed by atoms with E-state index in [1.165, 1.54) is 23.5 Å². The van der Waals surface area contributed by atoms with Gasteiger partial charge in [-0.2, -0.15) is 0 Å². The van der Waals surface area contributed by atoms with Crippen LogP contribution in [0.5, 0.6) is 0 Å². The minimum Gasteiger partial charge on any atom is -0.462 e. The monoisotopic (exact) mass is 393 g/mol. The maximum atomic E-state index is 12.4. The molecule has 0 unspecified atom stereocenters. The Morgan fingerprint density at radius 2 is 2.00 bits per heavy atom. The van der Waals surface area contributed by atoms with Crippen molar-refractivity contribution in [2.75, 3.05) is 39.6 Å². The van der Waals surface area contributed by atoms with Crippen LogP contribution >= 0.6 is 11.3 Å². The summed E-state index contributed by atoms with van der Waals surface area (Å²) in [6.45, 7) is 3.69. The number of nitrogens with two attached hydrogens (primary N) is 1. The lowest BCUT2D eigenvalue weighted by Gasteiger charge is -2.17. The summed E-state index contributed by atoms with van der Waals surface area (Å²) in [5.74, 6) is -0.463. The first-order valence-electron chi connectivity index (χ1n) is 8.39. The fourth-order valence-corrected chi connectivity index (χ4v) is 3.70. The predicted octanol–water partition coefficient (Wildman–Crippen LogP) is 3.16. The zero-order valence-electron chi connectivity index (χ0n) is 15.6. The molecule has 146 valence electrons. The van der Waals surface area contributed by atoms with Gasteiger partial charge in [-0.05, 0) is 31.7 Å². The van der Waals surface area contributed by atoms with Gasteiger partial charge in [-0.3, -0.25) is 15.0 Å². The number of carbonyl (C=O) groups is 1. The average molecular weight is 393 g/mol. The van der Waals surface area contributed by atoms with Crippen LogP contribution in [0.2, 0.25) is 0 Å². The summed E-state index contributed by atoms with van der Waals surface area (Å²) in [6.07, 6.45) is 0. The number of methoxy groups -OCH3 is 1. The molecule has 0 aliphatic carbocycles. The molecule has 1 aromatic heterocycles. The Morgan fingerprint density at radius 1 is 1.33 bits per heavy atom. The number of non-ortho nitro benzene ring substituents is 1. The Morgan fingerprint density at radius 3 is 2.56 bits per heavy atom. The molecule has 0 saturated carbocycles. The first kappa shape index (κ1) is 20.8. The van der Waals surface area contributed by atoms with Crippen molar-refractivity contribution in [1.82, 2.24) is 4.90 Å². The molecule has 1 heterocycles. The van der Waals surface area contributed by atoms with Gasteiger partial charge < -0.3 is 15.2 Å². The summed E-state index contributed by atoms with van der Waals surface area (Å²) < 4.78 is 10.3. The van der Waals surface area contributed by atoms with Crippen LogP contribution in [0.4, 0.5) is 10.7 Å². The van der Waals surface area contributed by atoms with Gasteiger partial charge in [-0.1, -0.05) is 0 Å². The molecule has 0 amide bonds. The molecule has 9 heteroatoms. The summed E-state index contributed by atoms with van der Waals surface area (Å²) in [6, 6.07) is 6.20. The highest BCUT2D eigenvalue weighted by Gasteiger charge is 2.25.